The van der Waals surface area contributed by atoms with Crippen LogP contribution in [0.3, 0.4) is 0 Å². The van der Waals surface area contributed by atoms with Gasteiger partial charge >= 0.3 is 0 Å². The van der Waals surface area contributed by atoms with Gasteiger partial charge in [-0.2, -0.15) is 10.5 Å². The van der Waals surface area contributed by atoms with Crippen LogP contribution in [0, 0.1) is 36.5 Å². The summed E-state index contributed by atoms with van der Waals surface area (Å²) in [6, 6.07) is 9.50. The summed E-state index contributed by atoms with van der Waals surface area (Å²) in [6.07, 6.45) is 0. The number of carbonyl (C=O) groups is 1. The molecule has 0 bridgehead atoms. The predicted molar refractivity (Wildman–Crippen MR) is 109 cm³/mol. The Bertz CT molecular complexity index is 1230. The second-order valence-corrected chi connectivity index (χ2v) is 7.55. The quantitative estimate of drug-likeness (QED) is 0.443. The summed E-state index contributed by atoms with van der Waals surface area (Å²) in [4.78, 5) is 16.6. The molecule has 0 saturated carbocycles. The molecule has 0 aliphatic heterocycles. The molecule has 0 aliphatic rings. The molecule has 2 aromatic heterocycles. The first-order valence-electron chi connectivity index (χ1n) is 8.94. The van der Waals surface area contributed by atoms with Gasteiger partial charge in [-0.3, -0.25) is 4.79 Å². The number of hydrogen-bond acceptors (Lipinski definition) is 9. The fraction of sp³-hybridized carbons (Fsp3) is 0.200. The largest absolute Gasteiger partial charge is 0.539 e. The maximum atomic E-state index is 12.5. The van der Waals surface area contributed by atoms with Gasteiger partial charge in [-0.15, -0.1) is 0 Å². The maximum Gasteiger partial charge on any atom is 0.266 e. The number of nitrogens with two attached hydrogens (primary N) is 1. The smallest absolute Gasteiger partial charge is 0.266 e. The molecular weight excluding hydrogens is 418 g/mol. The Balaban J connectivity index is 1.97. The highest BCUT2D eigenvalue weighted by molar-refractivity contribution is 8.00. The minimum absolute atomic E-state index is 0.0242. The maximum absolute atomic E-state index is 12.5. The molecule has 0 atom stereocenters. The molecule has 1 amide bonds. The van der Waals surface area contributed by atoms with Crippen molar-refractivity contribution in [3.63, 3.8) is 0 Å². The van der Waals surface area contributed by atoms with Gasteiger partial charge in [0, 0.05) is 5.69 Å². The van der Waals surface area contributed by atoms with Crippen LogP contribution < -0.4 is 20.8 Å². The van der Waals surface area contributed by atoms with E-state index < -0.39 is 5.95 Å². The Hall–Kier alpha value is -4.09. The Morgan fingerprint density at radius 3 is 2.48 bits per heavy atom. The number of anilines is 2. The van der Waals surface area contributed by atoms with Gasteiger partial charge in [0.2, 0.25) is 5.91 Å². The summed E-state index contributed by atoms with van der Waals surface area (Å²) in [5.74, 6) is -1.38. The van der Waals surface area contributed by atoms with Crippen LogP contribution in [-0.4, -0.2) is 21.9 Å². The Morgan fingerprint density at radius 1 is 1.29 bits per heavy atom. The minimum atomic E-state index is -0.829. The first kappa shape index (κ1) is 21.6. The average Bonchev–Trinajstić information content (AvgIpc) is 3.06. The van der Waals surface area contributed by atoms with Gasteiger partial charge in [0.15, 0.2) is 13.0 Å². The first-order valence-corrected chi connectivity index (χ1v) is 9.92. The zero-order valence-corrected chi connectivity index (χ0v) is 17.7. The van der Waals surface area contributed by atoms with E-state index in [1.54, 1.807) is 0 Å². The van der Waals surface area contributed by atoms with Crippen LogP contribution in [0.5, 0.6) is 5.95 Å². The number of thioether (sulfide) groups is 1. The minimum Gasteiger partial charge on any atom is -0.539 e. The number of aryl methyl sites for hydroxylation is 3. The van der Waals surface area contributed by atoms with Crippen LogP contribution in [0.1, 0.15) is 22.3 Å². The summed E-state index contributed by atoms with van der Waals surface area (Å²) in [6.45, 7) is 3.77. The molecular formula is C20H17N7O3S. The zero-order valence-electron chi connectivity index (χ0n) is 16.9. The highest BCUT2D eigenvalue weighted by Gasteiger charge is 2.29. The van der Waals surface area contributed by atoms with Gasteiger partial charge in [-0.25, -0.2) is 4.98 Å². The Morgan fingerprint density at radius 2 is 1.94 bits per heavy atom. The van der Waals surface area contributed by atoms with Crippen molar-refractivity contribution >= 4 is 29.2 Å². The van der Waals surface area contributed by atoms with E-state index in [4.69, 9.17) is 5.73 Å². The summed E-state index contributed by atoms with van der Waals surface area (Å²) < 4.78 is 5.73. The predicted octanol–water partition coefficient (Wildman–Crippen LogP) is 1.31. The molecule has 11 heteroatoms. The van der Waals surface area contributed by atoms with Crippen molar-refractivity contribution in [3.8, 4) is 29.3 Å². The zero-order chi connectivity index (χ0) is 22.7. The molecule has 0 saturated heterocycles. The molecule has 0 aliphatic carbocycles. The fourth-order valence-electron chi connectivity index (χ4n) is 3.04. The summed E-state index contributed by atoms with van der Waals surface area (Å²) in [5.41, 5.74) is 8.13. The second-order valence-electron chi connectivity index (χ2n) is 6.59. The van der Waals surface area contributed by atoms with E-state index in [1.807, 2.05) is 44.2 Å². The van der Waals surface area contributed by atoms with Gasteiger partial charge in [-0.05, 0) is 25.0 Å². The number of nitriles is 2. The third kappa shape index (κ3) is 4.13. The number of para-hydroxylation sites is 1. The van der Waals surface area contributed by atoms with Crippen molar-refractivity contribution in [1.29, 1.82) is 10.5 Å². The standard InChI is InChI=1S/C20H17N7O3S/c1-10-5-4-6-11(2)16(10)24-14(28)9-31-19-13(8-22)15(12(7-21)18(23)25-19)17-20(29)30-26-27(17)3/h4-6H,9H2,1-3H3,(H3-,23,24,25,26,28,29). The molecule has 2 heterocycles. The molecule has 0 unspecified atom stereocenters. The number of benzene rings is 1. The normalized spacial score (nSPS) is 10.4. The topological polar surface area (TPSA) is 169 Å². The number of nitrogens with one attached hydrogen (secondary N) is 1. The Labute approximate surface area is 181 Å². The second kappa shape index (κ2) is 8.73. The lowest BCUT2D eigenvalue weighted by Gasteiger charge is -2.12. The van der Waals surface area contributed by atoms with E-state index in [-0.39, 0.29) is 44.9 Å². The van der Waals surface area contributed by atoms with Crippen LogP contribution in [0.25, 0.3) is 11.3 Å². The van der Waals surface area contributed by atoms with E-state index in [0.29, 0.717) is 5.69 Å². The van der Waals surface area contributed by atoms with Gasteiger partial charge in [0.25, 0.3) is 5.69 Å². The van der Waals surface area contributed by atoms with Crippen LogP contribution in [0.15, 0.2) is 27.7 Å². The van der Waals surface area contributed by atoms with E-state index in [0.717, 1.165) is 27.6 Å². The highest BCUT2D eigenvalue weighted by Crippen LogP contribution is 2.36. The first-order chi connectivity index (χ1) is 14.8. The number of carbonyl (C=O) groups excluding carboxylic acids is 1. The van der Waals surface area contributed by atoms with Crippen molar-refractivity contribution in [1.82, 2.24) is 10.3 Å². The van der Waals surface area contributed by atoms with Gasteiger partial charge < -0.3 is 20.7 Å². The van der Waals surface area contributed by atoms with E-state index >= 15 is 0 Å². The summed E-state index contributed by atoms with van der Waals surface area (Å²) in [7, 11) is 1.43. The third-order valence-corrected chi connectivity index (χ3v) is 5.48. The average molecular weight is 435 g/mol. The van der Waals surface area contributed by atoms with Crippen molar-refractivity contribution < 1.29 is 19.1 Å². The number of rotatable bonds is 5. The molecule has 3 N–H and O–H groups in total. The van der Waals surface area contributed by atoms with Crippen molar-refractivity contribution in [2.45, 2.75) is 18.9 Å². The summed E-state index contributed by atoms with van der Waals surface area (Å²) >= 11 is 0.970. The lowest BCUT2D eigenvalue weighted by atomic mass is 10.0. The molecule has 3 rings (SSSR count). The lowest BCUT2D eigenvalue weighted by Crippen LogP contribution is -2.32. The van der Waals surface area contributed by atoms with Gasteiger partial charge in [0.1, 0.15) is 28.5 Å². The summed E-state index contributed by atoms with van der Waals surface area (Å²) in [5, 5.41) is 37.9. The van der Waals surface area contributed by atoms with Crippen LogP contribution in [0.2, 0.25) is 0 Å². The molecule has 10 nitrogen and oxygen atoms in total. The molecule has 31 heavy (non-hydrogen) atoms. The number of amides is 1. The number of hydrogen-bond donors (Lipinski definition) is 2. The number of aromatic nitrogens is 3. The molecule has 156 valence electrons. The SMILES string of the molecule is Cc1cccc(C)c1NC(=O)CSc1nc(N)c(C#N)c(-c2c([O-])on[n+]2C)c1C#N. The van der Waals surface area contributed by atoms with Crippen LogP contribution in [-0.2, 0) is 11.8 Å². The molecule has 1 aromatic carbocycles. The van der Waals surface area contributed by atoms with Crippen molar-refractivity contribution in [3.05, 3.63) is 40.5 Å². The molecule has 0 radical (unpaired) electrons. The van der Waals surface area contributed by atoms with Crippen molar-refractivity contribution in [2.75, 3.05) is 16.8 Å². The molecule has 3 aromatic rings. The van der Waals surface area contributed by atoms with E-state index in [9.17, 15) is 20.4 Å². The monoisotopic (exact) mass is 435 g/mol. The molecule has 0 fully saturated rings. The third-order valence-electron chi connectivity index (χ3n) is 4.50. The number of pyridine rings is 1. The highest BCUT2D eigenvalue weighted by atomic mass is 32.2. The lowest BCUT2D eigenvalue weighted by molar-refractivity contribution is -0.730. The van der Waals surface area contributed by atoms with Crippen LogP contribution >= 0.6 is 11.8 Å². The van der Waals surface area contributed by atoms with Gasteiger partial charge in [0.05, 0.1) is 22.2 Å². The Kier molecular flexibility index (Phi) is 6.09. The number of nitrogen functional groups attached to an aromatic ring is 1. The van der Waals surface area contributed by atoms with E-state index in [2.05, 4.69) is 20.1 Å². The van der Waals surface area contributed by atoms with E-state index in [1.165, 1.54) is 7.05 Å². The van der Waals surface area contributed by atoms with Gasteiger partial charge in [-0.1, -0.05) is 34.6 Å². The van der Waals surface area contributed by atoms with Crippen molar-refractivity contribution in [2.24, 2.45) is 7.05 Å². The molecule has 0 spiro atoms. The number of nitrogens with zero attached hydrogens (tertiary/aromatic N) is 5. The fourth-order valence-corrected chi connectivity index (χ4v) is 3.83. The van der Waals surface area contributed by atoms with Crippen LogP contribution in [0.4, 0.5) is 11.5 Å².